The Bertz CT molecular complexity index is 407. The summed E-state index contributed by atoms with van der Waals surface area (Å²) < 4.78 is 5.58. The molecule has 4 heteroatoms. The lowest BCUT2D eigenvalue weighted by Gasteiger charge is -2.22. The molecule has 1 rings (SSSR count). The molecule has 0 aliphatic rings. The predicted octanol–water partition coefficient (Wildman–Crippen LogP) is 2.68. The molecular weight excluding hydrogens is 252 g/mol. The number of carbonyl (C=O) groups excluding carboxylic acids is 1. The van der Waals surface area contributed by atoms with Crippen LogP contribution < -0.4 is 10.5 Å². The van der Waals surface area contributed by atoms with Crippen LogP contribution in [0.4, 0.5) is 0 Å². The lowest BCUT2D eigenvalue weighted by molar-refractivity contribution is 0.0754. The fourth-order valence-corrected chi connectivity index (χ4v) is 1.99. The first kappa shape index (κ1) is 16.5. The number of hydrogen-bond acceptors (Lipinski definition) is 3. The van der Waals surface area contributed by atoms with Crippen molar-refractivity contribution in [2.24, 2.45) is 5.73 Å². The summed E-state index contributed by atoms with van der Waals surface area (Å²) in [5.74, 6) is 0.815. The minimum atomic E-state index is 0.0576. The van der Waals surface area contributed by atoms with Gasteiger partial charge in [-0.3, -0.25) is 4.79 Å². The van der Waals surface area contributed by atoms with E-state index in [1.54, 1.807) is 0 Å². The van der Waals surface area contributed by atoms with E-state index in [1.165, 1.54) is 0 Å². The second-order valence-electron chi connectivity index (χ2n) is 4.81. The first-order chi connectivity index (χ1) is 9.72. The van der Waals surface area contributed by atoms with Crippen LogP contribution in [0.2, 0.25) is 0 Å². The van der Waals surface area contributed by atoms with Gasteiger partial charge in [-0.1, -0.05) is 19.9 Å². The van der Waals surface area contributed by atoms with Gasteiger partial charge < -0.3 is 15.4 Å². The van der Waals surface area contributed by atoms with Gasteiger partial charge >= 0.3 is 0 Å². The topological polar surface area (TPSA) is 55.6 Å². The van der Waals surface area contributed by atoms with Gasteiger partial charge in [-0.05, 0) is 44.0 Å². The van der Waals surface area contributed by atoms with E-state index < -0.39 is 0 Å². The van der Waals surface area contributed by atoms with Crippen LogP contribution in [-0.4, -0.2) is 37.0 Å². The molecule has 4 nitrogen and oxygen atoms in total. The molecule has 0 saturated heterocycles. The van der Waals surface area contributed by atoms with Gasteiger partial charge in [-0.25, -0.2) is 0 Å². The zero-order valence-corrected chi connectivity index (χ0v) is 12.6. The number of benzene rings is 1. The molecule has 2 N–H and O–H groups in total. The number of ether oxygens (including phenoxy) is 1. The Kier molecular flexibility index (Phi) is 7.73. The van der Waals surface area contributed by atoms with Crippen LogP contribution in [0.5, 0.6) is 5.75 Å². The Labute approximate surface area is 121 Å². The number of nitrogens with zero attached hydrogens (tertiary/aromatic N) is 1. The first-order valence-electron chi connectivity index (χ1n) is 7.45. The van der Waals surface area contributed by atoms with Crippen molar-refractivity contribution in [2.75, 3.05) is 26.2 Å². The predicted molar refractivity (Wildman–Crippen MR) is 82.1 cm³/mol. The number of carbonyl (C=O) groups is 1. The molecular formula is C16H26N2O2. The van der Waals surface area contributed by atoms with Gasteiger partial charge in [0.2, 0.25) is 0 Å². The zero-order valence-electron chi connectivity index (χ0n) is 12.6. The first-order valence-corrected chi connectivity index (χ1v) is 7.45. The van der Waals surface area contributed by atoms with Crippen molar-refractivity contribution < 1.29 is 9.53 Å². The molecule has 0 bridgehead atoms. The summed E-state index contributed by atoms with van der Waals surface area (Å²) in [4.78, 5) is 14.4. The van der Waals surface area contributed by atoms with E-state index in [1.807, 2.05) is 29.2 Å². The third-order valence-electron chi connectivity index (χ3n) is 2.97. The lowest BCUT2D eigenvalue weighted by Crippen LogP contribution is -2.33. The Morgan fingerprint density at radius 3 is 2.70 bits per heavy atom. The molecule has 0 spiro atoms. The summed E-state index contributed by atoms with van der Waals surface area (Å²) in [7, 11) is 0. The van der Waals surface area contributed by atoms with Crippen LogP contribution >= 0.6 is 0 Å². The van der Waals surface area contributed by atoms with Gasteiger partial charge in [0.1, 0.15) is 5.75 Å². The molecule has 1 aromatic rings. The fraction of sp³-hybridized carbons (Fsp3) is 0.562. The molecule has 0 fully saturated rings. The summed E-state index contributed by atoms with van der Waals surface area (Å²) in [5, 5.41) is 0. The van der Waals surface area contributed by atoms with E-state index >= 15 is 0 Å². The number of nitrogens with two attached hydrogens (primary N) is 1. The van der Waals surface area contributed by atoms with Gasteiger partial charge in [0.05, 0.1) is 6.61 Å². The monoisotopic (exact) mass is 278 g/mol. The van der Waals surface area contributed by atoms with Crippen LogP contribution in [0.15, 0.2) is 24.3 Å². The largest absolute Gasteiger partial charge is 0.494 e. The molecule has 0 heterocycles. The Morgan fingerprint density at radius 2 is 2.05 bits per heavy atom. The third-order valence-corrected chi connectivity index (χ3v) is 2.97. The Morgan fingerprint density at radius 1 is 1.25 bits per heavy atom. The van der Waals surface area contributed by atoms with Gasteiger partial charge in [0, 0.05) is 18.7 Å². The van der Waals surface area contributed by atoms with Crippen LogP contribution in [0.25, 0.3) is 0 Å². The molecule has 112 valence electrons. The van der Waals surface area contributed by atoms with E-state index in [2.05, 4.69) is 13.8 Å². The van der Waals surface area contributed by atoms with Crippen molar-refractivity contribution in [2.45, 2.75) is 33.1 Å². The summed E-state index contributed by atoms with van der Waals surface area (Å²) in [6.07, 6.45) is 2.73. The van der Waals surface area contributed by atoms with Crippen LogP contribution in [0.3, 0.4) is 0 Å². The Hall–Kier alpha value is -1.55. The molecule has 0 aromatic heterocycles. The second-order valence-corrected chi connectivity index (χ2v) is 4.81. The average Bonchev–Trinajstić information content (AvgIpc) is 2.49. The van der Waals surface area contributed by atoms with Crippen molar-refractivity contribution in [1.82, 2.24) is 4.90 Å². The van der Waals surface area contributed by atoms with Crippen molar-refractivity contribution in [3.63, 3.8) is 0 Å². The number of amides is 1. The Balaban J connectivity index is 2.76. The van der Waals surface area contributed by atoms with Crippen LogP contribution in [0.1, 0.15) is 43.5 Å². The third kappa shape index (κ3) is 5.21. The molecule has 0 aliphatic heterocycles. The SMILES string of the molecule is CCCOc1cccc(C(=O)N(CCC)CCCN)c1. The standard InChI is InChI=1S/C16H26N2O2/c1-3-10-18(11-6-9-17)16(19)14-7-5-8-15(13-14)20-12-4-2/h5,7-8,13H,3-4,6,9-12,17H2,1-2H3. The van der Waals surface area contributed by atoms with Gasteiger partial charge in [-0.2, -0.15) is 0 Å². The molecule has 0 radical (unpaired) electrons. The molecule has 0 saturated carbocycles. The minimum Gasteiger partial charge on any atom is -0.494 e. The molecule has 20 heavy (non-hydrogen) atoms. The van der Waals surface area contributed by atoms with E-state index in [4.69, 9.17) is 10.5 Å². The molecule has 1 aromatic carbocycles. The summed E-state index contributed by atoms with van der Waals surface area (Å²) >= 11 is 0. The van der Waals surface area contributed by atoms with Gasteiger partial charge in [-0.15, -0.1) is 0 Å². The quantitative estimate of drug-likeness (QED) is 0.755. The highest BCUT2D eigenvalue weighted by molar-refractivity contribution is 5.94. The van der Waals surface area contributed by atoms with Crippen LogP contribution in [0, 0.1) is 0 Å². The maximum atomic E-state index is 12.5. The van der Waals surface area contributed by atoms with Crippen molar-refractivity contribution in [3.8, 4) is 5.75 Å². The second kappa shape index (κ2) is 9.37. The minimum absolute atomic E-state index is 0.0576. The van der Waals surface area contributed by atoms with E-state index in [0.717, 1.165) is 31.6 Å². The van der Waals surface area contributed by atoms with Gasteiger partial charge in [0.15, 0.2) is 0 Å². The van der Waals surface area contributed by atoms with Crippen molar-refractivity contribution >= 4 is 5.91 Å². The smallest absolute Gasteiger partial charge is 0.253 e. The fourth-order valence-electron chi connectivity index (χ4n) is 1.99. The highest BCUT2D eigenvalue weighted by Gasteiger charge is 2.15. The van der Waals surface area contributed by atoms with E-state index in [9.17, 15) is 4.79 Å². The van der Waals surface area contributed by atoms with E-state index in [0.29, 0.717) is 25.3 Å². The zero-order chi connectivity index (χ0) is 14.8. The lowest BCUT2D eigenvalue weighted by atomic mass is 10.1. The number of hydrogen-bond donors (Lipinski definition) is 1. The van der Waals surface area contributed by atoms with E-state index in [-0.39, 0.29) is 5.91 Å². The molecule has 0 unspecified atom stereocenters. The molecule has 1 amide bonds. The molecule has 0 aliphatic carbocycles. The van der Waals surface area contributed by atoms with Crippen molar-refractivity contribution in [1.29, 1.82) is 0 Å². The summed E-state index contributed by atoms with van der Waals surface area (Å²) in [5.41, 5.74) is 6.22. The maximum absolute atomic E-state index is 12.5. The maximum Gasteiger partial charge on any atom is 0.253 e. The number of rotatable bonds is 9. The molecule has 0 atom stereocenters. The van der Waals surface area contributed by atoms with Crippen molar-refractivity contribution in [3.05, 3.63) is 29.8 Å². The van der Waals surface area contributed by atoms with Gasteiger partial charge in [0.25, 0.3) is 5.91 Å². The normalized spacial score (nSPS) is 10.3. The highest BCUT2D eigenvalue weighted by atomic mass is 16.5. The average molecular weight is 278 g/mol. The summed E-state index contributed by atoms with van der Waals surface area (Å²) in [6.45, 7) is 6.88. The van der Waals surface area contributed by atoms with Crippen LogP contribution in [-0.2, 0) is 0 Å². The highest BCUT2D eigenvalue weighted by Crippen LogP contribution is 2.15. The summed E-state index contributed by atoms with van der Waals surface area (Å²) in [6, 6.07) is 7.41.